The lowest BCUT2D eigenvalue weighted by molar-refractivity contribution is -0.145. The van der Waals surface area contributed by atoms with E-state index in [2.05, 4.69) is 5.32 Å². The minimum Gasteiger partial charge on any atom is -0.481 e. The van der Waals surface area contributed by atoms with Crippen LogP contribution in [-0.2, 0) is 9.59 Å². The third-order valence-electron chi connectivity index (χ3n) is 2.68. The second kappa shape index (κ2) is 4.61. The zero-order valence-corrected chi connectivity index (χ0v) is 9.36. The first-order chi connectivity index (χ1) is 6.93. The van der Waals surface area contributed by atoms with Gasteiger partial charge in [0.25, 0.3) is 0 Å². The molecule has 5 nitrogen and oxygen atoms in total. The SMILES string of the molecule is CC(C)[C@H](CN(C)C(=O)[C@@H]1CN1)C(=O)O. The van der Waals surface area contributed by atoms with Crippen molar-refractivity contribution in [2.24, 2.45) is 11.8 Å². The second-order valence-corrected chi connectivity index (χ2v) is 4.37. The van der Waals surface area contributed by atoms with Gasteiger partial charge in [0.15, 0.2) is 0 Å². The molecule has 2 N–H and O–H groups in total. The van der Waals surface area contributed by atoms with Crippen molar-refractivity contribution in [1.82, 2.24) is 10.2 Å². The van der Waals surface area contributed by atoms with Crippen LogP contribution in [0.25, 0.3) is 0 Å². The quantitative estimate of drug-likeness (QED) is 0.620. The number of hydrogen-bond donors (Lipinski definition) is 2. The Morgan fingerprint density at radius 2 is 2.07 bits per heavy atom. The molecule has 1 fully saturated rings. The van der Waals surface area contributed by atoms with Gasteiger partial charge in [0.1, 0.15) is 0 Å². The molecule has 1 heterocycles. The molecule has 0 aromatic heterocycles. The van der Waals surface area contributed by atoms with Crippen LogP contribution in [0.4, 0.5) is 0 Å². The molecule has 0 bridgehead atoms. The number of hydrogen-bond acceptors (Lipinski definition) is 3. The van der Waals surface area contributed by atoms with Crippen LogP contribution in [0.1, 0.15) is 13.8 Å². The molecule has 86 valence electrons. The molecular formula is C10H18N2O3. The summed E-state index contributed by atoms with van der Waals surface area (Å²) in [5.41, 5.74) is 0. The fourth-order valence-corrected chi connectivity index (χ4v) is 1.46. The van der Waals surface area contributed by atoms with Gasteiger partial charge >= 0.3 is 5.97 Å². The largest absolute Gasteiger partial charge is 0.481 e. The van der Waals surface area contributed by atoms with E-state index in [4.69, 9.17) is 5.11 Å². The number of aliphatic carboxylic acids is 1. The number of likely N-dealkylation sites (N-methyl/N-ethyl adjacent to an activating group) is 1. The maximum Gasteiger partial charge on any atom is 0.308 e. The van der Waals surface area contributed by atoms with E-state index in [0.717, 1.165) is 0 Å². The summed E-state index contributed by atoms with van der Waals surface area (Å²) in [4.78, 5) is 24.0. The van der Waals surface area contributed by atoms with E-state index < -0.39 is 11.9 Å². The Labute approximate surface area is 89.4 Å². The standard InChI is InChI=1S/C10H18N2O3/c1-6(2)7(10(14)15)5-12(3)9(13)8-4-11-8/h6-8,11H,4-5H2,1-3H3,(H,14,15)/t7-,8-/m0/s1. The molecule has 1 rings (SSSR count). The maximum atomic E-state index is 11.6. The molecule has 0 aromatic rings. The number of carboxylic acid groups (broad SMARTS) is 1. The molecule has 2 atom stereocenters. The van der Waals surface area contributed by atoms with Gasteiger partial charge in [-0.25, -0.2) is 0 Å². The van der Waals surface area contributed by atoms with Gasteiger partial charge in [0.2, 0.25) is 5.91 Å². The second-order valence-electron chi connectivity index (χ2n) is 4.37. The van der Waals surface area contributed by atoms with Crippen molar-refractivity contribution in [1.29, 1.82) is 0 Å². The zero-order chi connectivity index (χ0) is 11.6. The predicted octanol–water partition coefficient (Wildman–Crippen LogP) is -0.227. The van der Waals surface area contributed by atoms with Crippen LogP contribution < -0.4 is 5.32 Å². The molecular weight excluding hydrogens is 196 g/mol. The van der Waals surface area contributed by atoms with E-state index in [1.54, 1.807) is 7.05 Å². The van der Waals surface area contributed by atoms with E-state index in [1.165, 1.54) is 4.90 Å². The van der Waals surface area contributed by atoms with Crippen molar-refractivity contribution in [3.05, 3.63) is 0 Å². The van der Waals surface area contributed by atoms with E-state index >= 15 is 0 Å². The van der Waals surface area contributed by atoms with Crippen LogP contribution in [0, 0.1) is 11.8 Å². The number of carbonyl (C=O) groups excluding carboxylic acids is 1. The molecule has 1 aliphatic rings. The molecule has 5 heteroatoms. The Balaban J connectivity index is 2.49. The minimum atomic E-state index is -0.839. The van der Waals surface area contributed by atoms with E-state index in [1.807, 2.05) is 13.8 Å². The van der Waals surface area contributed by atoms with Crippen molar-refractivity contribution >= 4 is 11.9 Å². The van der Waals surface area contributed by atoms with Gasteiger partial charge in [0, 0.05) is 20.1 Å². The number of carboxylic acids is 1. The summed E-state index contributed by atoms with van der Waals surface area (Å²) < 4.78 is 0. The van der Waals surface area contributed by atoms with Gasteiger partial charge in [0.05, 0.1) is 12.0 Å². The van der Waals surface area contributed by atoms with E-state index in [9.17, 15) is 9.59 Å². The molecule has 1 amide bonds. The average molecular weight is 214 g/mol. The lowest BCUT2D eigenvalue weighted by atomic mass is 9.95. The highest BCUT2D eigenvalue weighted by Crippen LogP contribution is 2.13. The highest BCUT2D eigenvalue weighted by molar-refractivity contribution is 5.85. The highest BCUT2D eigenvalue weighted by Gasteiger charge is 2.33. The zero-order valence-electron chi connectivity index (χ0n) is 9.36. The summed E-state index contributed by atoms with van der Waals surface area (Å²) in [6, 6.07) is -0.0865. The van der Waals surface area contributed by atoms with Crippen LogP contribution in [0.3, 0.4) is 0 Å². The predicted molar refractivity (Wildman–Crippen MR) is 55.4 cm³/mol. The maximum absolute atomic E-state index is 11.6. The van der Waals surface area contributed by atoms with Gasteiger partial charge in [-0.05, 0) is 5.92 Å². The molecule has 1 aliphatic heterocycles. The Hall–Kier alpha value is -1.10. The Bertz CT molecular complexity index is 261. The molecule has 0 aliphatic carbocycles. The normalized spacial score (nSPS) is 21.2. The summed E-state index contributed by atoms with van der Waals surface area (Å²) in [5.74, 6) is -1.31. The number of nitrogens with one attached hydrogen (secondary N) is 1. The minimum absolute atomic E-state index is 0.0121. The topological polar surface area (TPSA) is 79.5 Å². The number of amides is 1. The Morgan fingerprint density at radius 3 is 2.40 bits per heavy atom. The number of rotatable bonds is 5. The highest BCUT2D eigenvalue weighted by atomic mass is 16.4. The van der Waals surface area contributed by atoms with E-state index in [0.29, 0.717) is 6.54 Å². The van der Waals surface area contributed by atoms with Gasteiger partial charge < -0.3 is 15.3 Å². The van der Waals surface area contributed by atoms with Gasteiger partial charge in [-0.2, -0.15) is 0 Å². The molecule has 0 radical (unpaired) electrons. The number of nitrogens with zero attached hydrogens (tertiary/aromatic N) is 1. The molecule has 0 unspecified atom stereocenters. The van der Waals surface area contributed by atoms with Crippen LogP contribution in [-0.4, -0.2) is 48.1 Å². The third kappa shape index (κ3) is 3.20. The van der Waals surface area contributed by atoms with Crippen LogP contribution in [0.5, 0.6) is 0 Å². The van der Waals surface area contributed by atoms with Gasteiger partial charge in [-0.15, -0.1) is 0 Å². The molecule has 15 heavy (non-hydrogen) atoms. The Morgan fingerprint density at radius 1 is 1.53 bits per heavy atom. The lowest BCUT2D eigenvalue weighted by Crippen LogP contribution is -2.39. The fraction of sp³-hybridized carbons (Fsp3) is 0.800. The van der Waals surface area contributed by atoms with E-state index in [-0.39, 0.29) is 24.4 Å². The first-order valence-corrected chi connectivity index (χ1v) is 5.14. The lowest BCUT2D eigenvalue weighted by Gasteiger charge is -2.23. The number of carbonyl (C=O) groups is 2. The first-order valence-electron chi connectivity index (χ1n) is 5.14. The van der Waals surface area contributed by atoms with Crippen molar-refractivity contribution in [2.75, 3.05) is 20.1 Å². The van der Waals surface area contributed by atoms with Gasteiger partial charge in [-0.1, -0.05) is 13.8 Å². The van der Waals surface area contributed by atoms with Gasteiger partial charge in [-0.3, -0.25) is 9.59 Å². The summed E-state index contributed by atoms with van der Waals surface area (Å²) in [7, 11) is 1.65. The average Bonchev–Trinajstić information content (AvgIpc) is 2.94. The summed E-state index contributed by atoms with van der Waals surface area (Å²) in [6.45, 7) is 4.70. The third-order valence-corrected chi connectivity index (χ3v) is 2.68. The van der Waals surface area contributed by atoms with Crippen LogP contribution >= 0.6 is 0 Å². The molecule has 0 spiro atoms. The van der Waals surface area contributed by atoms with Crippen molar-refractivity contribution in [3.63, 3.8) is 0 Å². The smallest absolute Gasteiger partial charge is 0.308 e. The van der Waals surface area contributed by atoms with Crippen molar-refractivity contribution in [2.45, 2.75) is 19.9 Å². The van der Waals surface area contributed by atoms with Crippen LogP contribution in [0.2, 0.25) is 0 Å². The van der Waals surface area contributed by atoms with Crippen LogP contribution in [0.15, 0.2) is 0 Å². The summed E-state index contributed by atoms with van der Waals surface area (Å²) in [6.07, 6.45) is 0. The monoisotopic (exact) mass is 214 g/mol. The summed E-state index contributed by atoms with van der Waals surface area (Å²) in [5, 5.41) is 11.9. The molecule has 1 saturated heterocycles. The Kier molecular flexibility index (Phi) is 3.68. The fourth-order valence-electron chi connectivity index (χ4n) is 1.46. The molecule has 0 saturated carbocycles. The summed E-state index contributed by atoms with van der Waals surface area (Å²) >= 11 is 0. The van der Waals surface area contributed by atoms with Crippen molar-refractivity contribution in [3.8, 4) is 0 Å². The molecule has 0 aromatic carbocycles. The first kappa shape index (κ1) is 12.0. The van der Waals surface area contributed by atoms with Crippen molar-refractivity contribution < 1.29 is 14.7 Å².